The fraction of sp³-hybridized carbons (Fsp3) is 0.611. The molecule has 4 aromatic rings. The second-order valence-corrected chi connectivity index (χ2v) is 20.3. The van der Waals surface area contributed by atoms with Gasteiger partial charge in [-0.15, -0.1) is 6.42 Å². The summed E-state index contributed by atoms with van der Waals surface area (Å²) in [4.78, 5) is 39.5. The topological polar surface area (TPSA) is 179 Å². The molecule has 0 bridgehead atoms. The van der Waals surface area contributed by atoms with Crippen LogP contribution in [0.15, 0.2) is 67.0 Å². The molecular weight excluding hydrogens is 911 g/mol. The summed E-state index contributed by atoms with van der Waals surface area (Å²) in [6.45, 7) is 5.67. The van der Waals surface area contributed by atoms with E-state index in [1.165, 1.54) is 94.4 Å². The molecule has 1 aliphatic rings. The molecule has 3 N–H and O–H groups in total. The smallest absolute Gasteiger partial charge is 0.459 e. The van der Waals surface area contributed by atoms with Crippen LogP contribution in [0.25, 0.3) is 11.2 Å². The molecule has 0 aliphatic carbocycles. The Hall–Kier alpha value is -4.87. The van der Waals surface area contributed by atoms with Crippen LogP contribution in [0, 0.1) is 18.4 Å². The minimum atomic E-state index is -4.58. The van der Waals surface area contributed by atoms with Crippen molar-refractivity contribution in [2.45, 2.75) is 205 Å². The number of unbranched alkanes of at least 4 members (excludes halogenated alkanes) is 16. The fourth-order valence-corrected chi connectivity index (χ4v) is 10.5. The molecule has 384 valence electrons. The van der Waals surface area contributed by atoms with Crippen LogP contribution in [-0.2, 0) is 39.3 Å². The Kier molecular flexibility index (Phi) is 24.1. The zero-order valence-corrected chi connectivity index (χ0v) is 42.8. The lowest BCUT2D eigenvalue weighted by Crippen LogP contribution is -2.46. The van der Waals surface area contributed by atoms with Crippen molar-refractivity contribution >= 4 is 36.7 Å². The molecule has 5 rings (SSSR count). The summed E-state index contributed by atoms with van der Waals surface area (Å²) in [7, 11) is -4.58. The van der Waals surface area contributed by atoms with Crippen molar-refractivity contribution in [1.29, 1.82) is 0 Å². The van der Waals surface area contributed by atoms with E-state index in [-0.39, 0.29) is 48.1 Å². The second-order valence-electron chi connectivity index (χ2n) is 18.6. The average molecular weight is 989 g/mol. The molecule has 5 atom stereocenters. The van der Waals surface area contributed by atoms with E-state index in [1.807, 2.05) is 44.2 Å². The number of carbonyl (C=O) groups excluding carboxylic acids is 2. The number of imidazole rings is 1. The van der Waals surface area contributed by atoms with Gasteiger partial charge < -0.3 is 24.5 Å². The molecule has 70 heavy (non-hydrogen) atoms. The van der Waals surface area contributed by atoms with Crippen molar-refractivity contribution in [2.24, 2.45) is 0 Å². The van der Waals surface area contributed by atoms with Gasteiger partial charge >= 0.3 is 25.8 Å². The van der Waals surface area contributed by atoms with E-state index in [4.69, 9.17) is 35.4 Å². The van der Waals surface area contributed by atoms with Crippen LogP contribution in [0.5, 0.6) is 5.75 Å². The Bertz CT molecular complexity index is 2240. The molecule has 2 aromatic carbocycles. The largest absolute Gasteiger partial charge is 0.461 e. The van der Waals surface area contributed by atoms with Crippen molar-refractivity contribution in [1.82, 2.24) is 24.6 Å². The van der Waals surface area contributed by atoms with E-state index in [0.29, 0.717) is 19.3 Å². The number of aromatic nitrogens is 4. The molecule has 2 aromatic heterocycles. The summed E-state index contributed by atoms with van der Waals surface area (Å²) in [6.07, 6.45) is 27.9. The number of fused-ring (bicyclic) bond motifs is 1. The highest BCUT2D eigenvalue weighted by molar-refractivity contribution is 7.52. The summed E-state index contributed by atoms with van der Waals surface area (Å²) < 4.78 is 62.3. The van der Waals surface area contributed by atoms with Gasteiger partial charge in [-0.25, -0.2) is 9.55 Å². The van der Waals surface area contributed by atoms with Crippen LogP contribution in [0.1, 0.15) is 180 Å². The van der Waals surface area contributed by atoms with Crippen LogP contribution in [-0.4, -0.2) is 61.9 Å². The van der Waals surface area contributed by atoms with E-state index in [0.717, 1.165) is 37.7 Å². The lowest BCUT2D eigenvalue weighted by atomic mass is 9.98. The predicted molar refractivity (Wildman–Crippen MR) is 272 cm³/mol. The molecule has 16 heteroatoms. The third-order valence-electron chi connectivity index (χ3n) is 12.8. The number of esters is 2. The van der Waals surface area contributed by atoms with Gasteiger partial charge in [0.05, 0.1) is 6.33 Å². The van der Waals surface area contributed by atoms with Gasteiger partial charge in [-0.05, 0) is 43.4 Å². The normalized spacial score (nSPS) is 18.1. The molecular formula is C54H78FN6O8P. The van der Waals surface area contributed by atoms with E-state index < -0.39 is 56.3 Å². The van der Waals surface area contributed by atoms with Crippen molar-refractivity contribution < 1.29 is 41.8 Å². The Morgan fingerprint density at radius 2 is 1.43 bits per heavy atom. The zero-order chi connectivity index (χ0) is 50.0. The number of carbonyl (C=O) groups is 2. The third kappa shape index (κ3) is 18.1. The molecule has 0 saturated carbocycles. The van der Waals surface area contributed by atoms with Crippen molar-refractivity contribution in [3.8, 4) is 18.1 Å². The maximum Gasteiger partial charge on any atom is 0.459 e. The zero-order valence-electron chi connectivity index (χ0n) is 41.9. The van der Waals surface area contributed by atoms with Crippen LogP contribution < -0.4 is 15.3 Å². The number of ether oxygens (including phenoxy) is 3. The SMILES string of the molecule is C#C[C@]1(CO[P@@](=O)(N[C@@H](Cc2ccccc2)C(=O)OC(CCC)CCC)Oc2ccccc2)O[C@@H](n2cnc3c(N)nc(F)nc32)C[C@@H]1OC(=O)CCCCCCCCCCCCCCCCCCC. The maximum absolute atomic E-state index is 15.2. The summed E-state index contributed by atoms with van der Waals surface area (Å²) in [5.41, 5.74) is 5.05. The number of hydrogen-bond acceptors (Lipinski definition) is 12. The minimum Gasteiger partial charge on any atom is -0.461 e. The van der Waals surface area contributed by atoms with Crippen LogP contribution in [0.3, 0.4) is 0 Å². The second kappa shape index (κ2) is 30.1. The summed E-state index contributed by atoms with van der Waals surface area (Å²) in [5, 5.41) is 2.90. The molecule has 0 unspecified atom stereocenters. The van der Waals surface area contributed by atoms with E-state index >= 15 is 4.57 Å². The first-order valence-electron chi connectivity index (χ1n) is 26.0. The van der Waals surface area contributed by atoms with Gasteiger partial charge in [-0.3, -0.25) is 18.7 Å². The summed E-state index contributed by atoms with van der Waals surface area (Å²) in [6, 6.07) is 16.4. The van der Waals surface area contributed by atoms with Crippen molar-refractivity contribution in [2.75, 3.05) is 12.3 Å². The molecule has 1 fully saturated rings. The van der Waals surface area contributed by atoms with Gasteiger partial charge in [-0.2, -0.15) is 19.4 Å². The maximum atomic E-state index is 15.2. The van der Waals surface area contributed by atoms with Gasteiger partial charge in [-0.1, -0.05) is 191 Å². The van der Waals surface area contributed by atoms with Gasteiger partial charge in [0.1, 0.15) is 36.8 Å². The quantitative estimate of drug-likeness (QED) is 0.0146. The highest BCUT2D eigenvalue weighted by Crippen LogP contribution is 2.49. The summed E-state index contributed by atoms with van der Waals surface area (Å²) >= 11 is 0. The number of hydrogen-bond donors (Lipinski definition) is 2. The number of para-hydroxylation sites is 1. The number of nitrogen functional groups attached to an aromatic ring is 1. The van der Waals surface area contributed by atoms with Crippen molar-refractivity contribution in [3.05, 3.63) is 78.6 Å². The first-order valence-corrected chi connectivity index (χ1v) is 27.6. The molecule has 3 heterocycles. The number of rotatable bonds is 35. The fourth-order valence-electron chi connectivity index (χ4n) is 8.95. The average Bonchev–Trinajstić information content (AvgIpc) is 3.94. The Labute approximate surface area is 415 Å². The molecule has 1 saturated heterocycles. The number of anilines is 1. The lowest BCUT2D eigenvalue weighted by Gasteiger charge is -2.31. The lowest BCUT2D eigenvalue weighted by molar-refractivity contribution is -0.158. The van der Waals surface area contributed by atoms with E-state index in [2.05, 4.69) is 32.9 Å². The Balaban J connectivity index is 1.27. The molecule has 0 radical (unpaired) electrons. The third-order valence-corrected chi connectivity index (χ3v) is 14.4. The van der Waals surface area contributed by atoms with E-state index in [9.17, 15) is 14.0 Å². The number of terminal acetylenes is 1. The molecule has 0 spiro atoms. The highest BCUT2D eigenvalue weighted by atomic mass is 31.2. The molecule has 0 amide bonds. The van der Waals surface area contributed by atoms with Crippen LogP contribution in [0.2, 0.25) is 0 Å². The molecule has 14 nitrogen and oxygen atoms in total. The number of nitrogens with one attached hydrogen (secondary N) is 1. The molecule has 1 aliphatic heterocycles. The Morgan fingerprint density at radius 1 is 0.857 bits per heavy atom. The van der Waals surface area contributed by atoms with Gasteiger partial charge in [0.25, 0.3) is 0 Å². The predicted octanol–water partition coefficient (Wildman–Crippen LogP) is 12.7. The van der Waals surface area contributed by atoms with Crippen LogP contribution >= 0.6 is 7.75 Å². The summed E-state index contributed by atoms with van der Waals surface area (Å²) in [5.74, 6) is 1.53. The van der Waals surface area contributed by atoms with E-state index in [1.54, 1.807) is 30.3 Å². The monoisotopic (exact) mass is 989 g/mol. The first kappa shape index (κ1) is 56.0. The Morgan fingerprint density at radius 3 is 2.00 bits per heavy atom. The minimum absolute atomic E-state index is 0.0313. The highest BCUT2D eigenvalue weighted by Gasteiger charge is 2.53. The van der Waals surface area contributed by atoms with Crippen molar-refractivity contribution in [3.63, 3.8) is 0 Å². The van der Waals surface area contributed by atoms with Gasteiger partial charge in [0.2, 0.25) is 0 Å². The number of nitrogens with zero attached hydrogens (tertiary/aromatic N) is 4. The van der Waals surface area contributed by atoms with Gasteiger partial charge in [0.15, 0.2) is 22.6 Å². The van der Waals surface area contributed by atoms with Crippen LogP contribution in [0.4, 0.5) is 10.2 Å². The first-order chi connectivity index (χ1) is 34.0. The standard InChI is InChI=1S/C54H78FN6O8P/c1-5-9-10-11-12-13-14-15-16-17-18-19-20-21-22-23-30-37-48(62)67-46-39-47(61-41-57-49-50(56)58-53(55)59-51(49)61)68-54(46,8-4)40-65-70(64,69-44-35-28-25-29-36-44)60-45(38-42-33-26-24-27-34-42)52(63)66-43(31-6-2)32-7-3/h4,24-29,33-36,41,43,45-47H,5-7,9-23,30-32,37-40H2,1-3H3,(H,60,64)(H2,56,58,59)/t45-,46-,47+,54+,70-/m0/s1. The van der Waals surface area contributed by atoms with Gasteiger partial charge in [0, 0.05) is 12.8 Å². The number of halogens is 1. The number of benzene rings is 2. The number of nitrogens with two attached hydrogens (primary N) is 1.